The second-order valence-electron chi connectivity index (χ2n) is 8.19. The van der Waals surface area contributed by atoms with Gasteiger partial charge < -0.3 is 0 Å². The summed E-state index contributed by atoms with van der Waals surface area (Å²) in [4.78, 5) is 0. The molecule has 0 saturated heterocycles. The van der Waals surface area contributed by atoms with Gasteiger partial charge in [-0.2, -0.15) is 10.2 Å². The molecule has 0 aliphatic heterocycles. The highest BCUT2D eigenvalue weighted by Gasteiger charge is 2.57. The van der Waals surface area contributed by atoms with Gasteiger partial charge in [-0.3, -0.25) is 5.43 Å². The minimum atomic E-state index is 0.169. The second kappa shape index (κ2) is 5.98. The number of aryl methyl sites for hydroxylation is 1. The summed E-state index contributed by atoms with van der Waals surface area (Å²) in [6, 6.07) is 9.90. The maximum absolute atomic E-state index is 6.56. The molecule has 0 unspecified atom stereocenters. The Labute approximate surface area is 159 Å². The normalized spacial score (nSPS) is 26.5. The van der Waals surface area contributed by atoms with Gasteiger partial charge in [0.15, 0.2) is 0 Å². The summed E-state index contributed by atoms with van der Waals surface area (Å²) < 4.78 is 1.75. The van der Waals surface area contributed by atoms with Crippen LogP contribution in [-0.2, 0) is 0 Å². The Morgan fingerprint density at radius 1 is 1.27 bits per heavy atom. The van der Waals surface area contributed by atoms with Gasteiger partial charge in [0, 0.05) is 11.1 Å². The maximum atomic E-state index is 6.56. The van der Waals surface area contributed by atoms with Crippen LogP contribution in [0.4, 0.5) is 0 Å². The van der Waals surface area contributed by atoms with E-state index in [0.717, 1.165) is 16.9 Å². The number of hydrogen-bond donors (Lipinski definition) is 1. The summed E-state index contributed by atoms with van der Waals surface area (Å²) in [5, 5.41) is 9.63. The first-order valence-corrected chi connectivity index (χ1v) is 9.54. The van der Waals surface area contributed by atoms with Crippen LogP contribution >= 0.6 is 11.6 Å². The molecule has 2 aliphatic rings. The van der Waals surface area contributed by atoms with Crippen LogP contribution in [0.15, 0.2) is 47.2 Å². The molecule has 4 nitrogen and oxygen atoms in total. The number of allylic oxidation sites excluding steroid dienone is 2. The molecular formula is C21H25ClN4. The predicted molar refractivity (Wildman–Crippen MR) is 107 cm³/mol. The first kappa shape index (κ1) is 17.3. The van der Waals surface area contributed by atoms with E-state index in [-0.39, 0.29) is 10.8 Å². The monoisotopic (exact) mass is 368 g/mol. The van der Waals surface area contributed by atoms with Crippen LogP contribution in [0.3, 0.4) is 0 Å². The zero-order chi connectivity index (χ0) is 18.5. The van der Waals surface area contributed by atoms with Gasteiger partial charge in [0.1, 0.15) is 5.15 Å². The van der Waals surface area contributed by atoms with Gasteiger partial charge in [0.2, 0.25) is 0 Å². The number of halogens is 1. The largest absolute Gasteiger partial charge is 0.282 e. The fourth-order valence-electron chi connectivity index (χ4n) is 4.42. The molecule has 2 aromatic rings. The first-order chi connectivity index (χ1) is 12.3. The van der Waals surface area contributed by atoms with E-state index in [0.29, 0.717) is 11.1 Å². The molecule has 26 heavy (non-hydrogen) atoms. The summed E-state index contributed by atoms with van der Waals surface area (Å²) in [6.45, 7) is 9.03. The molecular weight excluding hydrogens is 344 g/mol. The smallest absolute Gasteiger partial charge is 0.142 e. The van der Waals surface area contributed by atoms with Gasteiger partial charge in [-0.25, -0.2) is 4.68 Å². The fraction of sp³-hybridized carbons (Fsp3) is 0.429. The van der Waals surface area contributed by atoms with E-state index < -0.39 is 0 Å². The molecule has 5 heteroatoms. The quantitative estimate of drug-likeness (QED) is 0.602. The van der Waals surface area contributed by atoms with Crippen molar-refractivity contribution in [1.29, 1.82) is 0 Å². The topological polar surface area (TPSA) is 42.2 Å². The van der Waals surface area contributed by atoms with Gasteiger partial charge in [-0.05, 0) is 43.2 Å². The highest BCUT2D eigenvalue weighted by Crippen LogP contribution is 2.64. The van der Waals surface area contributed by atoms with E-state index in [1.165, 1.54) is 18.5 Å². The number of hydrazone groups is 1. The molecule has 0 amide bonds. The number of nitrogens with zero attached hydrogens (tertiary/aromatic N) is 3. The number of nitrogens with one attached hydrogen (secondary N) is 1. The molecule has 1 saturated carbocycles. The summed E-state index contributed by atoms with van der Waals surface area (Å²) >= 11 is 6.56. The SMILES string of the molecule is Cc1nn(-c2ccccc2)c(Cl)c1/C=N\NC1=C[C@H]2CC[C@]1(C)C2(C)C. The molecule has 1 aromatic carbocycles. The standard InChI is InChI=1S/C21H25ClN4/c1-14-17(19(22)26(25-14)16-8-6-5-7-9-16)13-23-24-18-12-15-10-11-21(18,4)20(15,2)3/h5-9,12-13,15,24H,10-11H2,1-4H3/b23-13-/t15-,21+/m1/s1. The van der Waals surface area contributed by atoms with Crippen molar-refractivity contribution in [2.75, 3.05) is 0 Å². The van der Waals surface area contributed by atoms with Gasteiger partial charge in [-0.15, -0.1) is 0 Å². The minimum Gasteiger partial charge on any atom is -0.282 e. The molecule has 1 heterocycles. The Morgan fingerprint density at radius 2 is 2.00 bits per heavy atom. The van der Waals surface area contributed by atoms with Gasteiger partial charge in [0.25, 0.3) is 0 Å². The molecule has 2 bridgehead atoms. The first-order valence-electron chi connectivity index (χ1n) is 9.16. The third-order valence-corrected chi connectivity index (χ3v) is 7.06. The van der Waals surface area contributed by atoms with Gasteiger partial charge in [-0.1, -0.05) is 56.6 Å². The molecule has 0 spiro atoms. The number of benzene rings is 1. The second-order valence-corrected chi connectivity index (χ2v) is 8.54. The van der Waals surface area contributed by atoms with Crippen LogP contribution in [0.25, 0.3) is 5.69 Å². The van der Waals surface area contributed by atoms with Crippen molar-refractivity contribution < 1.29 is 0 Å². The fourth-order valence-corrected chi connectivity index (χ4v) is 4.74. The van der Waals surface area contributed by atoms with Gasteiger partial charge in [0.05, 0.1) is 23.2 Å². The average Bonchev–Trinajstić information content (AvgIpc) is 3.10. The van der Waals surface area contributed by atoms with Gasteiger partial charge >= 0.3 is 0 Å². The van der Waals surface area contributed by atoms with Crippen molar-refractivity contribution >= 4 is 17.8 Å². The Balaban J connectivity index is 1.56. The predicted octanol–water partition coefficient (Wildman–Crippen LogP) is 5.10. The van der Waals surface area contributed by atoms with Crippen LogP contribution in [0.1, 0.15) is 44.9 Å². The molecule has 2 atom stereocenters. The van der Waals surface area contributed by atoms with Crippen LogP contribution in [0.5, 0.6) is 0 Å². The summed E-state index contributed by atoms with van der Waals surface area (Å²) in [5.74, 6) is 0.636. The molecule has 136 valence electrons. The molecule has 2 aliphatic carbocycles. The van der Waals surface area contributed by atoms with Crippen molar-refractivity contribution in [1.82, 2.24) is 15.2 Å². The number of rotatable bonds is 4. The molecule has 1 N–H and O–H groups in total. The third kappa shape index (κ3) is 2.43. The minimum absolute atomic E-state index is 0.169. The zero-order valence-electron chi connectivity index (χ0n) is 15.8. The maximum Gasteiger partial charge on any atom is 0.142 e. The van der Waals surface area contributed by atoms with Crippen molar-refractivity contribution in [3.8, 4) is 5.69 Å². The van der Waals surface area contributed by atoms with Crippen molar-refractivity contribution in [2.45, 2.75) is 40.5 Å². The highest BCUT2D eigenvalue weighted by molar-refractivity contribution is 6.32. The lowest BCUT2D eigenvalue weighted by Crippen LogP contribution is -2.33. The van der Waals surface area contributed by atoms with Crippen molar-refractivity contribution in [3.63, 3.8) is 0 Å². The molecule has 1 fully saturated rings. The van der Waals surface area contributed by atoms with E-state index in [2.05, 4.69) is 42.5 Å². The number of aromatic nitrogens is 2. The van der Waals surface area contributed by atoms with E-state index in [1.54, 1.807) is 10.9 Å². The number of hydrogen-bond acceptors (Lipinski definition) is 3. The molecule has 4 rings (SSSR count). The lowest BCUT2D eigenvalue weighted by atomic mass is 9.69. The third-order valence-electron chi connectivity index (χ3n) is 6.69. The van der Waals surface area contributed by atoms with Crippen molar-refractivity contribution in [2.24, 2.45) is 21.8 Å². The lowest BCUT2D eigenvalue weighted by Gasteiger charge is -2.36. The number of para-hydroxylation sites is 1. The van der Waals surface area contributed by atoms with E-state index in [4.69, 9.17) is 11.6 Å². The van der Waals surface area contributed by atoms with Crippen molar-refractivity contribution in [3.05, 3.63) is 58.5 Å². The Bertz CT molecular complexity index is 894. The summed E-state index contributed by atoms with van der Waals surface area (Å²) in [7, 11) is 0. The van der Waals surface area contributed by atoms with Crippen LogP contribution in [0.2, 0.25) is 5.15 Å². The van der Waals surface area contributed by atoms with E-state index >= 15 is 0 Å². The Kier molecular flexibility index (Phi) is 3.99. The molecule has 0 radical (unpaired) electrons. The van der Waals surface area contributed by atoms with E-state index in [9.17, 15) is 0 Å². The molecule has 1 aromatic heterocycles. The van der Waals surface area contributed by atoms with Crippen LogP contribution < -0.4 is 5.43 Å². The summed E-state index contributed by atoms with van der Waals surface area (Å²) in [6.07, 6.45) is 6.63. The summed E-state index contributed by atoms with van der Waals surface area (Å²) in [5.41, 5.74) is 7.63. The Hall–Kier alpha value is -2.07. The zero-order valence-corrected chi connectivity index (χ0v) is 16.5. The van der Waals surface area contributed by atoms with Crippen LogP contribution in [-0.4, -0.2) is 16.0 Å². The lowest BCUT2D eigenvalue weighted by molar-refractivity contribution is 0.164. The average molecular weight is 369 g/mol. The Morgan fingerprint density at radius 3 is 2.62 bits per heavy atom. The number of fused-ring (bicyclic) bond motifs is 2. The van der Waals surface area contributed by atoms with E-state index in [1.807, 2.05) is 37.3 Å². The highest BCUT2D eigenvalue weighted by atomic mass is 35.5. The van der Waals surface area contributed by atoms with Crippen LogP contribution in [0, 0.1) is 23.7 Å².